The Labute approximate surface area is 107 Å². The summed E-state index contributed by atoms with van der Waals surface area (Å²) in [6.45, 7) is 0. The molecule has 0 atom stereocenters. The van der Waals surface area contributed by atoms with Crippen LogP contribution >= 0.6 is 0 Å². The zero-order chi connectivity index (χ0) is 12.6. The van der Waals surface area contributed by atoms with Gasteiger partial charge in [-0.2, -0.15) is 0 Å². The molecule has 1 aliphatic rings. The van der Waals surface area contributed by atoms with E-state index >= 15 is 0 Å². The van der Waals surface area contributed by atoms with Crippen LogP contribution in [0.15, 0.2) is 36.7 Å². The molecule has 1 aromatic carbocycles. The molecule has 0 unspecified atom stereocenters. The standard InChI is InChI=1S/C15H18N2O/c16-12-5-7-15(18,8-6-12)14-10-17-9-11-3-1-2-4-13(11)14/h1-4,9-10,12,18H,5-8,16H2. The summed E-state index contributed by atoms with van der Waals surface area (Å²) in [5.74, 6) is 0. The van der Waals surface area contributed by atoms with E-state index in [1.807, 2.05) is 24.4 Å². The van der Waals surface area contributed by atoms with Crippen LogP contribution in [-0.4, -0.2) is 16.1 Å². The molecule has 3 rings (SSSR count). The predicted octanol–water partition coefficient (Wildman–Crippen LogP) is 2.32. The Balaban J connectivity index is 2.08. The lowest BCUT2D eigenvalue weighted by atomic mass is 9.77. The SMILES string of the molecule is NC1CCC(O)(c2cncc3ccccc23)CC1. The molecule has 0 amide bonds. The monoisotopic (exact) mass is 242 g/mol. The first-order valence-electron chi connectivity index (χ1n) is 6.50. The first kappa shape index (κ1) is 11.6. The maximum absolute atomic E-state index is 10.9. The molecule has 2 aromatic rings. The van der Waals surface area contributed by atoms with Crippen molar-refractivity contribution in [3.8, 4) is 0 Å². The van der Waals surface area contributed by atoms with Crippen LogP contribution in [0, 0.1) is 0 Å². The van der Waals surface area contributed by atoms with Crippen molar-refractivity contribution >= 4 is 10.8 Å². The number of hydrogen-bond acceptors (Lipinski definition) is 3. The molecule has 1 aromatic heterocycles. The molecular formula is C15H18N2O. The Morgan fingerprint density at radius 1 is 1.17 bits per heavy atom. The van der Waals surface area contributed by atoms with Crippen LogP contribution < -0.4 is 5.73 Å². The maximum atomic E-state index is 10.9. The predicted molar refractivity (Wildman–Crippen MR) is 72.1 cm³/mol. The molecule has 3 nitrogen and oxygen atoms in total. The first-order chi connectivity index (χ1) is 8.69. The first-order valence-corrected chi connectivity index (χ1v) is 6.50. The third-order valence-corrected chi connectivity index (χ3v) is 4.03. The van der Waals surface area contributed by atoms with Crippen LogP contribution in [0.4, 0.5) is 0 Å². The number of benzene rings is 1. The minimum Gasteiger partial charge on any atom is -0.385 e. The van der Waals surface area contributed by atoms with Crippen molar-refractivity contribution in [2.24, 2.45) is 5.73 Å². The van der Waals surface area contributed by atoms with Gasteiger partial charge in [0.15, 0.2) is 0 Å². The molecule has 0 saturated heterocycles. The third kappa shape index (κ3) is 1.89. The molecule has 0 radical (unpaired) electrons. The largest absolute Gasteiger partial charge is 0.385 e. The van der Waals surface area contributed by atoms with Gasteiger partial charge in [-0.05, 0) is 31.1 Å². The van der Waals surface area contributed by atoms with Gasteiger partial charge in [0.1, 0.15) is 0 Å². The highest BCUT2D eigenvalue weighted by Crippen LogP contribution is 2.39. The van der Waals surface area contributed by atoms with E-state index in [0.717, 1.165) is 42.0 Å². The number of nitrogens with zero attached hydrogens (tertiary/aromatic N) is 1. The zero-order valence-electron chi connectivity index (χ0n) is 10.3. The van der Waals surface area contributed by atoms with E-state index < -0.39 is 5.60 Å². The van der Waals surface area contributed by atoms with E-state index in [1.54, 1.807) is 6.20 Å². The number of aromatic nitrogens is 1. The van der Waals surface area contributed by atoms with Crippen molar-refractivity contribution in [2.75, 3.05) is 0 Å². The average molecular weight is 242 g/mol. The summed E-state index contributed by atoms with van der Waals surface area (Å²) in [4.78, 5) is 4.26. The molecule has 94 valence electrons. The Morgan fingerprint density at radius 3 is 2.67 bits per heavy atom. The molecule has 1 saturated carbocycles. The molecule has 0 aliphatic heterocycles. The van der Waals surface area contributed by atoms with Gasteiger partial charge >= 0.3 is 0 Å². The Kier molecular flexibility index (Phi) is 2.80. The maximum Gasteiger partial charge on any atom is 0.0918 e. The lowest BCUT2D eigenvalue weighted by Gasteiger charge is -2.35. The van der Waals surface area contributed by atoms with E-state index in [0.29, 0.717) is 0 Å². The Morgan fingerprint density at radius 2 is 1.89 bits per heavy atom. The van der Waals surface area contributed by atoms with Crippen molar-refractivity contribution < 1.29 is 5.11 Å². The summed E-state index contributed by atoms with van der Waals surface area (Å²) in [6.07, 6.45) is 6.85. The van der Waals surface area contributed by atoms with Gasteiger partial charge < -0.3 is 10.8 Å². The summed E-state index contributed by atoms with van der Waals surface area (Å²) in [7, 11) is 0. The molecule has 1 aliphatic carbocycles. The topological polar surface area (TPSA) is 59.1 Å². The van der Waals surface area contributed by atoms with Gasteiger partial charge in [0.25, 0.3) is 0 Å². The van der Waals surface area contributed by atoms with Crippen LogP contribution in [0.25, 0.3) is 10.8 Å². The van der Waals surface area contributed by atoms with Gasteiger partial charge in [0.05, 0.1) is 5.60 Å². The molecule has 1 fully saturated rings. The highest BCUT2D eigenvalue weighted by atomic mass is 16.3. The molecule has 0 spiro atoms. The van der Waals surface area contributed by atoms with E-state index in [9.17, 15) is 5.11 Å². The van der Waals surface area contributed by atoms with Crippen LogP contribution in [0.1, 0.15) is 31.2 Å². The van der Waals surface area contributed by atoms with E-state index in [2.05, 4.69) is 11.1 Å². The molecule has 0 bridgehead atoms. The number of fused-ring (bicyclic) bond motifs is 1. The highest BCUT2D eigenvalue weighted by Gasteiger charge is 2.35. The quantitative estimate of drug-likeness (QED) is 0.806. The summed E-state index contributed by atoms with van der Waals surface area (Å²) in [6, 6.07) is 8.31. The Hall–Kier alpha value is -1.45. The van der Waals surface area contributed by atoms with Gasteiger partial charge in [-0.3, -0.25) is 4.98 Å². The average Bonchev–Trinajstić information content (AvgIpc) is 2.42. The fourth-order valence-electron chi connectivity index (χ4n) is 2.87. The molecular weight excluding hydrogens is 224 g/mol. The van der Waals surface area contributed by atoms with E-state index in [-0.39, 0.29) is 6.04 Å². The number of rotatable bonds is 1. The van der Waals surface area contributed by atoms with Gasteiger partial charge in [-0.25, -0.2) is 0 Å². The van der Waals surface area contributed by atoms with Crippen molar-refractivity contribution in [3.63, 3.8) is 0 Å². The normalized spacial score (nSPS) is 28.4. The van der Waals surface area contributed by atoms with Crippen molar-refractivity contribution in [1.82, 2.24) is 4.98 Å². The van der Waals surface area contributed by atoms with Crippen LogP contribution in [0.5, 0.6) is 0 Å². The summed E-state index contributed by atoms with van der Waals surface area (Å²) < 4.78 is 0. The van der Waals surface area contributed by atoms with Gasteiger partial charge in [0, 0.05) is 29.4 Å². The van der Waals surface area contributed by atoms with Gasteiger partial charge in [-0.1, -0.05) is 24.3 Å². The Bertz CT molecular complexity index is 554. The minimum absolute atomic E-state index is 0.230. The third-order valence-electron chi connectivity index (χ3n) is 4.03. The van der Waals surface area contributed by atoms with Crippen molar-refractivity contribution in [2.45, 2.75) is 37.3 Å². The smallest absolute Gasteiger partial charge is 0.0918 e. The van der Waals surface area contributed by atoms with Crippen LogP contribution in [-0.2, 0) is 5.60 Å². The van der Waals surface area contributed by atoms with Gasteiger partial charge in [-0.15, -0.1) is 0 Å². The lowest BCUT2D eigenvalue weighted by Crippen LogP contribution is -2.37. The highest BCUT2D eigenvalue weighted by molar-refractivity contribution is 5.85. The van der Waals surface area contributed by atoms with Crippen molar-refractivity contribution in [3.05, 3.63) is 42.2 Å². The van der Waals surface area contributed by atoms with Crippen LogP contribution in [0.2, 0.25) is 0 Å². The lowest BCUT2D eigenvalue weighted by molar-refractivity contribution is -0.00387. The number of nitrogens with two attached hydrogens (primary N) is 1. The summed E-state index contributed by atoms with van der Waals surface area (Å²) in [5.41, 5.74) is 6.11. The molecule has 18 heavy (non-hydrogen) atoms. The zero-order valence-corrected chi connectivity index (χ0v) is 10.3. The fourth-order valence-corrected chi connectivity index (χ4v) is 2.87. The van der Waals surface area contributed by atoms with E-state index in [4.69, 9.17) is 5.73 Å². The number of aliphatic hydroxyl groups is 1. The van der Waals surface area contributed by atoms with Gasteiger partial charge in [0.2, 0.25) is 0 Å². The van der Waals surface area contributed by atoms with Crippen LogP contribution in [0.3, 0.4) is 0 Å². The molecule has 3 heteroatoms. The minimum atomic E-state index is -0.760. The second-order valence-electron chi connectivity index (χ2n) is 5.28. The fraction of sp³-hybridized carbons (Fsp3) is 0.400. The number of hydrogen-bond donors (Lipinski definition) is 2. The molecule has 1 heterocycles. The number of pyridine rings is 1. The van der Waals surface area contributed by atoms with Crippen molar-refractivity contribution in [1.29, 1.82) is 0 Å². The summed E-state index contributed by atoms with van der Waals surface area (Å²) >= 11 is 0. The second kappa shape index (κ2) is 4.34. The molecule has 3 N–H and O–H groups in total. The van der Waals surface area contributed by atoms with E-state index in [1.165, 1.54) is 0 Å². The second-order valence-corrected chi connectivity index (χ2v) is 5.28. The summed E-state index contributed by atoms with van der Waals surface area (Å²) in [5, 5.41) is 13.0.